The molecule has 5 N–H and O–H groups in total. The molecule has 0 aliphatic rings. The van der Waals surface area contributed by atoms with Crippen LogP contribution in [0.25, 0.3) is 0 Å². The van der Waals surface area contributed by atoms with Gasteiger partial charge in [0.05, 0.1) is 7.11 Å². The minimum Gasteiger partial charge on any atom is -0.412 e. The predicted molar refractivity (Wildman–Crippen MR) is 24.0 cm³/mol. The van der Waals surface area contributed by atoms with Crippen molar-refractivity contribution in [3.8, 4) is 0 Å². The van der Waals surface area contributed by atoms with Gasteiger partial charge >= 0.3 is 0 Å². The Morgan fingerprint density at radius 2 is 1.38 bits per heavy atom. The third-order valence-electron chi connectivity index (χ3n) is 0. The molecule has 6 heteroatoms. The van der Waals surface area contributed by atoms with Gasteiger partial charge in [-0.05, 0) is 0 Å². The molecule has 1 radical (unpaired) electrons. The standard InChI is InChI=1S/CH4O2.CH2O.La.2H2O/c1-3-2;1-2;;;/h2H,1H3;1H2;;2*1H2. The van der Waals surface area contributed by atoms with Gasteiger partial charge in [0, 0.05) is 35.6 Å². The maximum absolute atomic E-state index is 8.00. The summed E-state index contributed by atoms with van der Waals surface area (Å²) in [6, 6.07) is 0. The molecule has 0 heterocycles. The molecule has 0 amide bonds. The zero-order valence-corrected chi connectivity index (χ0v) is 8.17. The van der Waals surface area contributed by atoms with Gasteiger partial charge in [0.25, 0.3) is 0 Å². The zero-order valence-electron chi connectivity index (χ0n) is 4.55. The van der Waals surface area contributed by atoms with Crippen LogP contribution in [0, 0.1) is 35.6 Å². The van der Waals surface area contributed by atoms with E-state index < -0.39 is 0 Å². The Balaban J connectivity index is -0.00000000567. The van der Waals surface area contributed by atoms with Gasteiger partial charge in [-0.25, -0.2) is 4.89 Å². The molecule has 0 saturated heterocycles. The predicted octanol–water partition coefficient (Wildman–Crippen LogP) is -1.73. The van der Waals surface area contributed by atoms with Crippen molar-refractivity contribution in [1.29, 1.82) is 0 Å². The van der Waals surface area contributed by atoms with Crippen LogP contribution in [-0.2, 0) is 9.68 Å². The van der Waals surface area contributed by atoms with Crippen molar-refractivity contribution in [3.05, 3.63) is 0 Å². The van der Waals surface area contributed by atoms with E-state index in [1.165, 1.54) is 7.11 Å². The second kappa shape index (κ2) is 119. The Bertz CT molecular complexity index is 14.4. The number of rotatable bonds is 0. The van der Waals surface area contributed by atoms with Crippen molar-refractivity contribution in [2.75, 3.05) is 7.11 Å². The van der Waals surface area contributed by atoms with Crippen LogP contribution >= 0.6 is 0 Å². The van der Waals surface area contributed by atoms with Crippen molar-refractivity contribution in [2.45, 2.75) is 0 Å². The first-order valence-corrected chi connectivity index (χ1v) is 0.879. The van der Waals surface area contributed by atoms with E-state index >= 15 is 0 Å². The van der Waals surface area contributed by atoms with Crippen LogP contribution < -0.4 is 0 Å². The molecule has 0 rings (SSSR count). The smallest absolute Gasteiger partial charge is 0.106 e. The van der Waals surface area contributed by atoms with Gasteiger partial charge in [0.2, 0.25) is 0 Å². The van der Waals surface area contributed by atoms with Crippen LogP contribution in [0.15, 0.2) is 0 Å². The minimum absolute atomic E-state index is 0. The van der Waals surface area contributed by atoms with Gasteiger partial charge in [-0.15, -0.1) is 0 Å². The minimum atomic E-state index is 0. The monoisotopic (exact) mass is 253 g/mol. The Morgan fingerprint density at radius 3 is 1.38 bits per heavy atom. The molecule has 0 bridgehead atoms. The van der Waals surface area contributed by atoms with Gasteiger partial charge in [0.15, 0.2) is 0 Å². The van der Waals surface area contributed by atoms with Crippen molar-refractivity contribution >= 4 is 6.79 Å². The van der Waals surface area contributed by atoms with Crippen LogP contribution in [0.1, 0.15) is 0 Å². The van der Waals surface area contributed by atoms with Gasteiger partial charge in [0.1, 0.15) is 6.79 Å². The summed E-state index contributed by atoms with van der Waals surface area (Å²) in [5.74, 6) is 0. The van der Waals surface area contributed by atoms with E-state index in [1.807, 2.05) is 6.79 Å². The summed E-state index contributed by atoms with van der Waals surface area (Å²) in [5.41, 5.74) is 0. The van der Waals surface area contributed by atoms with Crippen LogP contribution in [-0.4, -0.2) is 30.1 Å². The summed E-state index contributed by atoms with van der Waals surface area (Å²) in [7, 11) is 1.18. The Kier molecular flexibility index (Phi) is 561. The zero-order chi connectivity index (χ0) is 4.71. The molecule has 8 heavy (non-hydrogen) atoms. The maximum Gasteiger partial charge on any atom is 0.106 e. The van der Waals surface area contributed by atoms with Gasteiger partial charge < -0.3 is 15.7 Å². The second-order valence-corrected chi connectivity index (χ2v) is 0.183. The van der Waals surface area contributed by atoms with E-state index in [4.69, 9.17) is 10.1 Å². The Morgan fingerprint density at radius 1 is 1.38 bits per heavy atom. The first-order valence-electron chi connectivity index (χ1n) is 0.879. The third-order valence-corrected chi connectivity index (χ3v) is 0. The average Bonchev–Trinajstić information content (AvgIpc) is 1.46. The molecule has 0 atom stereocenters. The SMILES string of the molecule is C=O.COO.O.O.[La]. The Hall–Kier alpha value is 0.705. The maximum atomic E-state index is 8.00. The largest absolute Gasteiger partial charge is 0.412 e. The summed E-state index contributed by atoms with van der Waals surface area (Å²) in [6.07, 6.45) is 0. The van der Waals surface area contributed by atoms with Crippen molar-refractivity contribution < 1.29 is 61.5 Å². The van der Waals surface area contributed by atoms with Crippen LogP contribution in [0.5, 0.6) is 0 Å². The molecule has 0 fully saturated rings. The molecule has 0 unspecified atom stereocenters. The fourth-order valence-corrected chi connectivity index (χ4v) is 0. The molecular formula is C2H10LaO5. The van der Waals surface area contributed by atoms with Gasteiger partial charge in [-0.1, -0.05) is 0 Å². The third kappa shape index (κ3) is 439. The number of hydrogen-bond acceptors (Lipinski definition) is 3. The molecule has 5 nitrogen and oxygen atoms in total. The average molecular weight is 253 g/mol. The first-order chi connectivity index (χ1) is 2.41. The fraction of sp³-hybridized carbons (Fsp3) is 0.500. The normalized spacial score (nSPS) is 2.75. The molecule has 0 aromatic heterocycles. The quantitative estimate of drug-likeness (QED) is 0.409. The summed E-state index contributed by atoms with van der Waals surface area (Å²) >= 11 is 0. The van der Waals surface area contributed by atoms with Gasteiger partial charge in [-0.2, -0.15) is 0 Å². The molecule has 0 aromatic rings. The van der Waals surface area contributed by atoms with Crippen LogP contribution in [0.2, 0.25) is 0 Å². The van der Waals surface area contributed by atoms with E-state index in [0.717, 1.165) is 0 Å². The second-order valence-electron chi connectivity index (χ2n) is 0.183. The van der Waals surface area contributed by atoms with E-state index in [0.29, 0.717) is 0 Å². The molecule has 0 spiro atoms. The molecule has 0 aliphatic heterocycles. The first kappa shape index (κ1) is 37.6. The van der Waals surface area contributed by atoms with Crippen molar-refractivity contribution in [2.24, 2.45) is 0 Å². The molecule has 0 saturated carbocycles. The fourth-order valence-electron chi connectivity index (χ4n) is 0. The molecular weight excluding hydrogens is 243 g/mol. The van der Waals surface area contributed by atoms with E-state index in [-0.39, 0.29) is 46.6 Å². The topological polar surface area (TPSA) is 110 Å². The molecule has 0 aliphatic carbocycles. The van der Waals surface area contributed by atoms with Crippen LogP contribution in [0.4, 0.5) is 0 Å². The summed E-state index contributed by atoms with van der Waals surface area (Å²) in [4.78, 5) is 11.2. The summed E-state index contributed by atoms with van der Waals surface area (Å²) in [6.45, 7) is 2.00. The van der Waals surface area contributed by atoms with E-state index in [2.05, 4.69) is 4.89 Å². The molecule has 0 aromatic carbocycles. The van der Waals surface area contributed by atoms with Crippen molar-refractivity contribution in [3.63, 3.8) is 0 Å². The summed E-state index contributed by atoms with van der Waals surface area (Å²) in [5, 5.41) is 7.07. The van der Waals surface area contributed by atoms with Crippen LogP contribution in [0.3, 0.4) is 0 Å². The summed E-state index contributed by atoms with van der Waals surface area (Å²) < 4.78 is 0. The van der Waals surface area contributed by atoms with Crippen molar-refractivity contribution in [1.82, 2.24) is 0 Å². The number of carbonyl (C=O) groups excluding carboxylic acids is 1. The number of carbonyl (C=O) groups is 1. The van der Waals surface area contributed by atoms with E-state index in [1.54, 1.807) is 0 Å². The number of hydrogen-bond donors (Lipinski definition) is 1. The Labute approximate surface area is 75.2 Å². The molecule has 51 valence electrons. The van der Waals surface area contributed by atoms with Gasteiger partial charge in [-0.3, -0.25) is 5.26 Å². The van der Waals surface area contributed by atoms with E-state index in [9.17, 15) is 0 Å².